The molecule has 11 heteroatoms. The zero-order valence-electron chi connectivity index (χ0n) is 25.5. The molecule has 1 aromatic carbocycles. The summed E-state index contributed by atoms with van der Waals surface area (Å²) in [6, 6.07) is 4.72. The summed E-state index contributed by atoms with van der Waals surface area (Å²) in [7, 11) is 5.21. The van der Waals surface area contributed by atoms with Gasteiger partial charge in [-0.05, 0) is 57.7 Å². The highest BCUT2D eigenvalue weighted by Gasteiger charge is 2.30. The van der Waals surface area contributed by atoms with E-state index in [4.69, 9.17) is 9.72 Å². The van der Waals surface area contributed by atoms with Gasteiger partial charge < -0.3 is 24.4 Å². The van der Waals surface area contributed by atoms with Crippen LogP contribution in [-0.2, 0) is 23.2 Å². The van der Waals surface area contributed by atoms with Gasteiger partial charge in [0.15, 0.2) is 0 Å². The van der Waals surface area contributed by atoms with Crippen LogP contribution in [0.5, 0.6) is 5.75 Å². The molecule has 0 unspecified atom stereocenters. The highest BCUT2D eigenvalue weighted by molar-refractivity contribution is 6.08. The predicted octanol–water partition coefficient (Wildman–Crippen LogP) is 3.38. The number of carbonyl (C=O) groups is 3. The molecule has 2 aromatic heterocycles. The number of aromatic nitrogens is 4. The molecule has 3 heterocycles. The molecule has 3 amide bonds. The minimum atomic E-state index is -0.649. The van der Waals surface area contributed by atoms with E-state index < -0.39 is 6.04 Å². The lowest BCUT2D eigenvalue weighted by molar-refractivity contribution is -0.138. The molecule has 2 atom stereocenters. The number of aryl methyl sites for hydroxylation is 2. The Labute approximate surface area is 241 Å². The van der Waals surface area contributed by atoms with Crippen LogP contribution in [0.2, 0.25) is 0 Å². The maximum absolute atomic E-state index is 14.2. The molecule has 0 radical (unpaired) electrons. The minimum absolute atomic E-state index is 0.104. The third-order valence-electron chi connectivity index (χ3n) is 8.10. The van der Waals surface area contributed by atoms with Gasteiger partial charge in [-0.1, -0.05) is 13.8 Å². The summed E-state index contributed by atoms with van der Waals surface area (Å²) in [6.45, 7) is 10.8. The monoisotopic (exact) mass is 565 g/mol. The Morgan fingerprint density at radius 3 is 2.56 bits per heavy atom. The third-order valence-corrected chi connectivity index (χ3v) is 8.10. The van der Waals surface area contributed by atoms with E-state index in [-0.39, 0.29) is 36.1 Å². The number of amides is 3. The molecular formula is C30H43N7O4. The molecule has 0 bridgehead atoms. The van der Waals surface area contributed by atoms with Gasteiger partial charge in [0.05, 0.1) is 25.3 Å². The van der Waals surface area contributed by atoms with Gasteiger partial charge >= 0.3 is 0 Å². The summed E-state index contributed by atoms with van der Waals surface area (Å²) in [5.41, 5.74) is 2.43. The Morgan fingerprint density at radius 2 is 1.88 bits per heavy atom. The molecule has 1 aliphatic heterocycles. The fourth-order valence-corrected chi connectivity index (χ4v) is 5.51. The number of rotatable bonds is 4. The number of hydrogen-bond acceptors (Lipinski definition) is 6. The summed E-state index contributed by atoms with van der Waals surface area (Å²) in [6.07, 6.45) is 1.35. The SMILES string of the molecule is COc1ccc2c(c1)c(C(=O)N1CCCC(=O)N(C)[C@@H](C)C(=O)N[C@H](CC(C)C)c3nc(C)nn3CC1)c(C)n2C. The van der Waals surface area contributed by atoms with E-state index >= 15 is 0 Å². The van der Waals surface area contributed by atoms with Crippen LogP contribution in [0.4, 0.5) is 0 Å². The predicted molar refractivity (Wildman–Crippen MR) is 157 cm³/mol. The van der Waals surface area contributed by atoms with E-state index in [0.29, 0.717) is 55.4 Å². The van der Waals surface area contributed by atoms with Crippen LogP contribution in [0, 0.1) is 19.8 Å². The van der Waals surface area contributed by atoms with Crippen molar-refractivity contribution >= 4 is 28.6 Å². The number of fused-ring (bicyclic) bond motifs is 2. The molecule has 11 nitrogen and oxygen atoms in total. The van der Waals surface area contributed by atoms with E-state index in [9.17, 15) is 14.4 Å². The lowest BCUT2D eigenvalue weighted by atomic mass is 10.0. The molecule has 0 spiro atoms. The number of benzene rings is 1. The first kappa shape index (κ1) is 30.1. The van der Waals surface area contributed by atoms with Crippen molar-refractivity contribution in [2.75, 3.05) is 27.2 Å². The van der Waals surface area contributed by atoms with Gasteiger partial charge in [0.25, 0.3) is 5.91 Å². The van der Waals surface area contributed by atoms with E-state index in [1.54, 1.807) is 26.0 Å². The number of nitrogens with zero attached hydrogens (tertiary/aromatic N) is 6. The van der Waals surface area contributed by atoms with Crippen LogP contribution in [-0.4, -0.2) is 80.1 Å². The third kappa shape index (κ3) is 6.23. The summed E-state index contributed by atoms with van der Waals surface area (Å²) in [5.74, 6) is 1.75. The second-order valence-corrected chi connectivity index (χ2v) is 11.4. The van der Waals surface area contributed by atoms with Gasteiger partial charge in [-0.15, -0.1) is 0 Å². The maximum Gasteiger partial charge on any atom is 0.256 e. The lowest BCUT2D eigenvalue weighted by Crippen LogP contribution is -2.47. The molecule has 0 fully saturated rings. The van der Waals surface area contributed by atoms with Crippen molar-refractivity contribution < 1.29 is 19.1 Å². The molecule has 0 saturated carbocycles. The summed E-state index contributed by atoms with van der Waals surface area (Å²) in [4.78, 5) is 48.5. The highest BCUT2D eigenvalue weighted by atomic mass is 16.5. The molecule has 1 N–H and O–H groups in total. The second kappa shape index (κ2) is 12.3. The highest BCUT2D eigenvalue weighted by Crippen LogP contribution is 2.30. The Balaban J connectivity index is 1.74. The molecule has 0 saturated heterocycles. The van der Waals surface area contributed by atoms with Gasteiger partial charge in [-0.3, -0.25) is 14.4 Å². The van der Waals surface area contributed by atoms with Crippen molar-refractivity contribution in [3.63, 3.8) is 0 Å². The largest absolute Gasteiger partial charge is 0.497 e. The van der Waals surface area contributed by atoms with Crippen molar-refractivity contribution in [3.8, 4) is 5.75 Å². The van der Waals surface area contributed by atoms with E-state index in [1.807, 2.05) is 48.3 Å². The topological polar surface area (TPSA) is 115 Å². The van der Waals surface area contributed by atoms with Crippen LogP contribution >= 0.6 is 0 Å². The van der Waals surface area contributed by atoms with Crippen LogP contribution in [0.15, 0.2) is 18.2 Å². The normalized spacial score (nSPS) is 19.3. The fraction of sp³-hybridized carbons (Fsp3) is 0.567. The molecule has 222 valence electrons. The molecule has 4 rings (SSSR count). The lowest BCUT2D eigenvalue weighted by Gasteiger charge is -2.29. The maximum atomic E-state index is 14.2. The number of carbonyl (C=O) groups excluding carboxylic acids is 3. The summed E-state index contributed by atoms with van der Waals surface area (Å²) in [5, 5.41) is 8.59. The smallest absolute Gasteiger partial charge is 0.256 e. The number of nitrogens with one attached hydrogen (secondary N) is 1. The van der Waals surface area contributed by atoms with Gasteiger partial charge in [-0.25, -0.2) is 9.67 Å². The van der Waals surface area contributed by atoms with E-state index in [1.165, 1.54) is 4.90 Å². The number of likely N-dealkylation sites (N-methyl/N-ethyl adjacent to an activating group) is 1. The van der Waals surface area contributed by atoms with Crippen molar-refractivity contribution in [1.82, 2.24) is 34.4 Å². The molecule has 0 aliphatic carbocycles. The summed E-state index contributed by atoms with van der Waals surface area (Å²) < 4.78 is 9.29. The first-order valence-corrected chi connectivity index (χ1v) is 14.3. The first-order chi connectivity index (χ1) is 19.4. The Morgan fingerprint density at radius 1 is 1.15 bits per heavy atom. The van der Waals surface area contributed by atoms with Crippen molar-refractivity contribution in [2.24, 2.45) is 13.0 Å². The molecular weight excluding hydrogens is 522 g/mol. The first-order valence-electron chi connectivity index (χ1n) is 14.3. The van der Waals surface area contributed by atoms with E-state index in [2.05, 4.69) is 24.3 Å². The average Bonchev–Trinajstić information content (AvgIpc) is 3.43. The minimum Gasteiger partial charge on any atom is -0.497 e. The standard InChI is InChI=1S/C30H43N7O4/c1-18(2)16-24-28-31-21(5)33-37(28)15-14-36(13-9-10-26(38)35(7)20(4)29(39)32-24)30(40)27-19(3)34(6)25-12-11-22(41-8)17-23(25)27/h11-12,17-18,20,24H,9-10,13-16H2,1-8H3,(H,32,39)/t20-,24+/m0/s1. The van der Waals surface area contributed by atoms with Crippen molar-refractivity contribution in [1.29, 1.82) is 0 Å². The van der Waals surface area contributed by atoms with Gasteiger partial charge in [0, 0.05) is 50.2 Å². The van der Waals surface area contributed by atoms with Crippen LogP contribution in [0.1, 0.15) is 73.8 Å². The zero-order valence-corrected chi connectivity index (χ0v) is 25.5. The number of ether oxygens (including phenoxy) is 1. The Hall–Kier alpha value is -3.89. The van der Waals surface area contributed by atoms with Gasteiger partial charge in [0.2, 0.25) is 11.8 Å². The molecule has 3 aromatic rings. The second-order valence-electron chi connectivity index (χ2n) is 11.4. The van der Waals surface area contributed by atoms with Crippen LogP contribution in [0.3, 0.4) is 0 Å². The number of hydrogen-bond donors (Lipinski definition) is 1. The quantitative estimate of drug-likeness (QED) is 0.519. The zero-order chi connectivity index (χ0) is 30.0. The van der Waals surface area contributed by atoms with Gasteiger partial charge in [-0.2, -0.15) is 5.10 Å². The number of methoxy groups -OCH3 is 1. The molecule has 41 heavy (non-hydrogen) atoms. The Bertz CT molecular complexity index is 1440. The Kier molecular flexibility index (Phi) is 9.04. The molecule has 1 aliphatic rings. The summed E-state index contributed by atoms with van der Waals surface area (Å²) >= 11 is 0. The van der Waals surface area contributed by atoms with Gasteiger partial charge in [0.1, 0.15) is 23.4 Å². The van der Waals surface area contributed by atoms with Crippen LogP contribution in [0.25, 0.3) is 10.9 Å². The van der Waals surface area contributed by atoms with Crippen molar-refractivity contribution in [2.45, 2.75) is 72.5 Å². The van der Waals surface area contributed by atoms with Crippen molar-refractivity contribution in [3.05, 3.63) is 41.1 Å². The van der Waals surface area contributed by atoms with Crippen LogP contribution < -0.4 is 10.1 Å². The fourth-order valence-electron chi connectivity index (χ4n) is 5.51. The van der Waals surface area contributed by atoms with E-state index in [0.717, 1.165) is 16.6 Å². The average molecular weight is 566 g/mol.